The Morgan fingerprint density at radius 3 is 2.73 bits per heavy atom. The molecule has 0 bridgehead atoms. The summed E-state index contributed by atoms with van der Waals surface area (Å²) in [7, 11) is 2.02. The largest absolute Gasteiger partial charge is 0.373 e. The molecule has 0 aliphatic carbocycles. The molecule has 0 saturated carbocycles. The molecule has 0 N–H and O–H groups in total. The van der Waals surface area contributed by atoms with Gasteiger partial charge < -0.3 is 9.80 Å². The topological polar surface area (TPSA) is 36.4 Å². The van der Waals surface area contributed by atoms with E-state index in [1.165, 1.54) is 12.3 Å². The minimum absolute atomic E-state index is 0.0369. The lowest BCUT2D eigenvalue weighted by Crippen LogP contribution is -2.38. The smallest absolute Gasteiger partial charge is 0.258 e. The highest BCUT2D eigenvalue weighted by Crippen LogP contribution is 2.34. The summed E-state index contributed by atoms with van der Waals surface area (Å²) in [5.74, 6) is -0.838. The van der Waals surface area contributed by atoms with Crippen molar-refractivity contribution in [2.75, 3.05) is 23.4 Å². The van der Waals surface area contributed by atoms with Crippen LogP contribution in [0.1, 0.15) is 23.7 Å². The van der Waals surface area contributed by atoms with Crippen molar-refractivity contribution in [3.8, 4) is 0 Å². The van der Waals surface area contributed by atoms with Gasteiger partial charge in [-0.2, -0.15) is 4.39 Å². The van der Waals surface area contributed by atoms with Gasteiger partial charge in [-0.05, 0) is 31.5 Å². The van der Waals surface area contributed by atoms with Crippen molar-refractivity contribution in [2.45, 2.75) is 19.4 Å². The van der Waals surface area contributed by atoms with Crippen LogP contribution in [0.4, 0.5) is 15.8 Å². The van der Waals surface area contributed by atoms with Crippen LogP contribution in [0, 0.1) is 5.95 Å². The molecule has 4 nitrogen and oxygen atoms in total. The van der Waals surface area contributed by atoms with Gasteiger partial charge in [0.25, 0.3) is 5.91 Å². The Labute approximate surface area is 129 Å². The third-order valence-electron chi connectivity index (χ3n) is 4.07. The first kappa shape index (κ1) is 14.5. The van der Waals surface area contributed by atoms with E-state index in [1.54, 1.807) is 11.0 Å². The van der Waals surface area contributed by atoms with Crippen molar-refractivity contribution >= 4 is 17.3 Å². The number of benzene rings is 1. The molecule has 0 radical (unpaired) electrons. The molecule has 2 aromatic rings. The van der Waals surface area contributed by atoms with Crippen molar-refractivity contribution in [3.05, 3.63) is 54.1 Å². The number of amides is 1. The summed E-state index contributed by atoms with van der Waals surface area (Å²) in [6.45, 7) is 2.89. The van der Waals surface area contributed by atoms with Crippen LogP contribution in [0.5, 0.6) is 0 Å². The summed E-state index contributed by atoms with van der Waals surface area (Å²) in [6, 6.07) is 10.6. The van der Waals surface area contributed by atoms with Gasteiger partial charge >= 0.3 is 0 Å². The Balaban J connectivity index is 2.07. The van der Waals surface area contributed by atoms with Gasteiger partial charge in [0.2, 0.25) is 5.95 Å². The highest BCUT2D eigenvalue weighted by molar-refractivity contribution is 6.08. The number of para-hydroxylation sites is 2. The molecule has 1 atom stereocenters. The lowest BCUT2D eigenvalue weighted by molar-refractivity contribution is 0.0977. The minimum Gasteiger partial charge on any atom is -0.373 e. The molecule has 1 aliphatic heterocycles. The van der Waals surface area contributed by atoms with Gasteiger partial charge in [0.05, 0.1) is 11.4 Å². The Morgan fingerprint density at radius 1 is 1.27 bits per heavy atom. The number of rotatable bonds is 1. The first-order chi connectivity index (χ1) is 10.6. The number of pyridine rings is 1. The molecule has 1 amide bonds. The zero-order valence-electron chi connectivity index (χ0n) is 12.7. The van der Waals surface area contributed by atoms with Crippen molar-refractivity contribution in [3.63, 3.8) is 0 Å². The van der Waals surface area contributed by atoms with Gasteiger partial charge in [-0.3, -0.25) is 4.79 Å². The molecule has 22 heavy (non-hydrogen) atoms. The van der Waals surface area contributed by atoms with Gasteiger partial charge in [-0.15, -0.1) is 0 Å². The molecule has 1 aliphatic rings. The average Bonchev–Trinajstić information content (AvgIpc) is 2.64. The van der Waals surface area contributed by atoms with Crippen LogP contribution in [-0.4, -0.2) is 30.5 Å². The van der Waals surface area contributed by atoms with Gasteiger partial charge in [0.15, 0.2) is 0 Å². The molecule has 0 saturated heterocycles. The molecule has 2 heterocycles. The predicted molar refractivity (Wildman–Crippen MR) is 84.8 cm³/mol. The quantitative estimate of drug-likeness (QED) is 0.759. The number of hydrogen-bond acceptors (Lipinski definition) is 3. The third kappa shape index (κ3) is 2.54. The summed E-state index contributed by atoms with van der Waals surface area (Å²) in [4.78, 5) is 20.3. The second kappa shape index (κ2) is 5.75. The van der Waals surface area contributed by atoms with E-state index < -0.39 is 5.95 Å². The molecule has 1 aromatic carbocycles. The van der Waals surface area contributed by atoms with Crippen LogP contribution in [0.2, 0.25) is 0 Å². The van der Waals surface area contributed by atoms with E-state index in [4.69, 9.17) is 0 Å². The number of halogens is 1. The molecule has 0 unspecified atom stereocenters. The molecule has 5 heteroatoms. The number of carbonyl (C=O) groups excluding carboxylic acids is 1. The average molecular weight is 299 g/mol. The summed E-state index contributed by atoms with van der Waals surface area (Å²) >= 11 is 0. The van der Waals surface area contributed by atoms with E-state index in [1.807, 2.05) is 38.2 Å². The van der Waals surface area contributed by atoms with Crippen LogP contribution in [0.3, 0.4) is 0 Å². The fraction of sp³-hybridized carbons (Fsp3) is 0.294. The van der Waals surface area contributed by atoms with Crippen LogP contribution < -0.4 is 9.80 Å². The van der Waals surface area contributed by atoms with E-state index in [0.717, 1.165) is 24.3 Å². The third-order valence-corrected chi connectivity index (χ3v) is 4.07. The fourth-order valence-corrected chi connectivity index (χ4v) is 2.84. The van der Waals surface area contributed by atoms with E-state index in [9.17, 15) is 9.18 Å². The SMILES string of the molecule is C[C@@H]1CCN(C)c2ccccc2N1C(=O)c1ccnc(F)c1. The van der Waals surface area contributed by atoms with Gasteiger partial charge in [0.1, 0.15) is 0 Å². The Kier molecular flexibility index (Phi) is 3.79. The van der Waals surface area contributed by atoms with Crippen molar-refractivity contribution in [1.29, 1.82) is 0 Å². The predicted octanol–water partition coefficient (Wildman–Crippen LogP) is 3.10. The first-order valence-electron chi connectivity index (χ1n) is 7.33. The summed E-state index contributed by atoms with van der Waals surface area (Å²) in [5.41, 5.74) is 2.19. The molecule has 114 valence electrons. The molecule has 0 fully saturated rings. The molecular weight excluding hydrogens is 281 g/mol. The zero-order valence-corrected chi connectivity index (χ0v) is 12.7. The second-order valence-electron chi connectivity index (χ2n) is 5.59. The van der Waals surface area contributed by atoms with Crippen LogP contribution in [0.15, 0.2) is 42.6 Å². The molecular formula is C17H18FN3O. The van der Waals surface area contributed by atoms with E-state index in [0.29, 0.717) is 5.56 Å². The van der Waals surface area contributed by atoms with Crippen LogP contribution >= 0.6 is 0 Å². The van der Waals surface area contributed by atoms with E-state index in [-0.39, 0.29) is 11.9 Å². The standard InChI is InChI=1S/C17H18FN3O/c1-12-8-10-20(2)14-5-3-4-6-15(14)21(12)17(22)13-7-9-19-16(18)11-13/h3-7,9,11-12H,8,10H2,1-2H3/t12-/m1/s1. The maximum Gasteiger partial charge on any atom is 0.258 e. The Hall–Kier alpha value is -2.43. The van der Waals surface area contributed by atoms with Crippen molar-refractivity contribution < 1.29 is 9.18 Å². The molecule has 1 aromatic heterocycles. The van der Waals surface area contributed by atoms with E-state index in [2.05, 4.69) is 9.88 Å². The first-order valence-corrected chi connectivity index (χ1v) is 7.33. The summed E-state index contributed by atoms with van der Waals surface area (Å²) in [6.07, 6.45) is 2.17. The highest BCUT2D eigenvalue weighted by atomic mass is 19.1. The zero-order chi connectivity index (χ0) is 15.7. The van der Waals surface area contributed by atoms with Gasteiger partial charge in [0, 0.05) is 37.5 Å². The van der Waals surface area contributed by atoms with Crippen LogP contribution in [-0.2, 0) is 0 Å². The minimum atomic E-state index is -0.640. The molecule has 3 rings (SSSR count). The number of nitrogens with zero attached hydrogens (tertiary/aromatic N) is 3. The number of aromatic nitrogens is 1. The van der Waals surface area contributed by atoms with Crippen molar-refractivity contribution in [2.24, 2.45) is 0 Å². The van der Waals surface area contributed by atoms with Crippen molar-refractivity contribution in [1.82, 2.24) is 4.98 Å². The van der Waals surface area contributed by atoms with Gasteiger partial charge in [-0.25, -0.2) is 4.98 Å². The lowest BCUT2D eigenvalue weighted by Gasteiger charge is -2.28. The fourth-order valence-electron chi connectivity index (χ4n) is 2.84. The Morgan fingerprint density at radius 2 is 2.00 bits per heavy atom. The summed E-state index contributed by atoms with van der Waals surface area (Å²) < 4.78 is 13.3. The lowest BCUT2D eigenvalue weighted by atomic mass is 10.1. The monoisotopic (exact) mass is 299 g/mol. The number of anilines is 2. The maximum atomic E-state index is 13.3. The summed E-state index contributed by atoms with van der Waals surface area (Å²) in [5, 5.41) is 0. The van der Waals surface area contributed by atoms with Gasteiger partial charge in [-0.1, -0.05) is 12.1 Å². The highest BCUT2D eigenvalue weighted by Gasteiger charge is 2.29. The molecule has 0 spiro atoms. The normalized spacial score (nSPS) is 17.9. The number of hydrogen-bond donors (Lipinski definition) is 0. The number of fused-ring (bicyclic) bond motifs is 1. The van der Waals surface area contributed by atoms with E-state index >= 15 is 0 Å². The number of carbonyl (C=O) groups is 1. The Bertz CT molecular complexity index is 704. The van der Waals surface area contributed by atoms with Crippen LogP contribution in [0.25, 0.3) is 0 Å². The maximum absolute atomic E-state index is 13.3. The second-order valence-corrected chi connectivity index (χ2v) is 5.59.